The second kappa shape index (κ2) is 8.06. The van der Waals surface area contributed by atoms with Crippen molar-refractivity contribution in [2.75, 3.05) is 11.5 Å². The number of benzene rings is 4. The number of hydrogen-bond acceptors (Lipinski definition) is 4. The fourth-order valence-corrected chi connectivity index (χ4v) is 6.53. The second-order valence-electron chi connectivity index (χ2n) is 10.9. The van der Waals surface area contributed by atoms with Crippen LogP contribution < -0.4 is 14.4 Å². The topological polar surface area (TPSA) is 55.8 Å². The Hall–Kier alpha value is -4.38. The Morgan fingerprint density at radius 1 is 0.763 bits per heavy atom. The van der Waals surface area contributed by atoms with Gasteiger partial charge in [-0.05, 0) is 42.7 Å². The van der Waals surface area contributed by atoms with E-state index >= 15 is 4.79 Å². The predicted molar refractivity (Wildman–Crippen MR) is 145 cm³/mol. The first kappa shape index (κ1) is 22.8. The molecule has 3 aliphatic heterocycles. The molecular formula is C33H27NO4. The van der Waals surface area contributed by atoms with E-state index < -0.39 is 11.0 Å². The zero-order valence-electron chi connectivity index (χ0n) is 21.3. The van der Waals surface area contributed by atoms with Gasteiger partial charge in [-0.2, -0.15) is 0 Å². The molecule has 1 unspecified atom stereocenters. The summed E-state index contributed by atoms with van der Waals surface area (Å²) in [6.07, 6.45) is 0.448. The maximum atomic E-state index is 15.1. The van der Waals surface area contributed by atoms with Crippen molar-refractivity contribution in [3.63, 3.8) is 0 Å². The predicted octanol–water partition coefficient (Wildman–Crippen LogP) is 6.25. The second-order valence-corrected chi connectivity index (χ2v) is 10.9. The van der Waals surface area contributed by atoms with E-state index in [0.29, 0.717) is 23.5 Å². The molecule has 3 heterocycles. The van der Waals surface area contributed by atoms with Crippen molar-refractivity contribution < 1.29 is 19.1 Å². The summed E-state index contributed by atoms with van der Waals surface area (Å²) in [4.78, 5) is 29.8. The summed E-state index contributed by atoms with van der Waals surface area (Å²) >= 11 is 0. The average molecular weight is 502 g/mol. The van der Waals surface area contributed by atoms with Gasteiger partial charge in [-0.15, -0.1) is 0 Å². The van der Waals surface area contributed by atoms with Crippen molar-refractivity contribution in [2.24, 2.45) is 0 Å². The molecule has 0 saturated carbocycles. The van der Waals surface area contributed by atoms with Crippen molar-refractivity contribution in [1.29, 1.82) is 0 Å². The van der Waals surface area contributed by atoms with Crippen LogP contribution in [0.4, 0.5) is 5.69 Å². The number of ketones is 1. The largest absolute Gasteiger partial charge is 0.487 e. The number of rotatable bonds is 3. The molecule has 0 bridgehead atoms. The van der Waals surface area contributed by atoms with E-state index in [1.807, 2.05) is 79.4 Å². The van der Waals surface area contributed by atoms with Gasteiger partial charge < -0.3 is 9.47 Å². The summed E-state index contributed by atoms with van der Waals surface area (Å²) in [6, 6.07) is 31.7. The smallest absolute Gasteiger partial charge is 0.243 e. The van der Waals surface area contributed by atoms with E-state index in [4.69, 9.17) is 9.47 Å². The Labute approximate surface area is 221 Å². The van der Waals surface area contributed by atoms with Gasteiger partial charge in [0.05, 0.1) is 11.6 Å². The minimum atomic E-state index is -1.01. The van der Waals surface area contributed by atoms with Gasteiger partial charge in [0.15, 0.2) is 6.61 Å². The van der Waals surface area contributed by atoms with Crippen molar-refractivity contribution in [3.05, 3.63) is 125 Å². The zero-order chi connectivity index (χ0) is 26.1. The lowest BCUT2D eigenvalue weighted by Crippen LogP contribution is -2.51. The average Bonchev–Trinajstić information content (AvgIpc) is 3.39. The summed E-state index contributed by atoms with van der Waals surface area (Å²) < 4.78 is 12.1. The molecule has 1 spiro atoms. The first-order chi connectivity index (χ1) is 18.4. The van der Waals surface area contributed by atoms with Gasteiger partial charge >= 0.3 is 0 Å². The summed E-state index contributed by atoms with van der Waals surface area (Å²) in [7, 11) is 0. The summed E-state index contributed by atoms with van der Waals surface area (Å²) in [6.45, 7) is 4.04. The van der Waals surface area contributed by atoms with E-state index in [2.05, 4.69) is 30.3 Å². The van der Waals surface area contributed by atoms with Gasteiger partial charge in [0, 0.05) is 23.7 Å². The third-order valence-corrected chi connectivity index (χ3v) is 7.97. The van der Waals surface area contributed by atoms with E-state index in [9.17, 15) is 4.79 Å². The summed E-state index contributed by atoms with van der Waals surface area (Å²) in [5.41, 5.74) is 3.48. The molecule has 1 amide bonds. The van der Waals surface area contributed by atoms with Crippen LogP contribution in [0.5, 0.6) is 11.5 Å². The van der Waals surface area contributed by atoms with Crippen LogP contribution in [0.25, 0.3) is 0 Å². The van der Waals surface area contributed by atoms with Crippen LogP contribution >= 0.6 is 0 Å². The molecule has 5 heteroatoms. The quantitative estimate of drug-likeness (QED) is 0.333. The number of carbonyl (C=O) groups is 2. The van der Waals surface area contributed by atoms with Crippen LogP contribution in [0.1, 0.15) is 58.9 Å². The van der Waals surface area contributed by atoms with Crippen molar-refractivity contribution >= 4 is 17.4 Å². The lowest BCUT2D eigenvalue weighted by Gasteiger charge is -2.44. The third-order valence-electron chi connectivity index (χ3n) is 7.97. The lowest BCUT2D eigenvalue weighted by molar-refractivity contribution is -0.124. The molecule has 188 valence electrons. The fourth-order valence-electron chi connectivity index (χ4n) is 6.53. The Bertz CT molecular complexity index is 1550. The van der Waals surface area contributed by atoms with Crippen LogP contribution in [0.15, 0.2) is 97.1 Å². The highest BCUT2D eigenvalue weighted by atomic mass is 16.5. The van der Waals surface area contributed by atoms with E-state index in [1.54, 1.807) is 6.07 Å². The number of carbonyl (C=O) groups excluding carboxylic acids is 2. The normalized spacial score (nSPS) is 20.7. The van der Waals surface area contributed by atoms with E-state index in [1.165, 1.54) is 0 Å². The molecule has 0 saturated heterocycles. The van der Waals surface area contributed by atoms with Gasteiger partial charge in [0.2, 0.25) is 11.7 Å². The summed E-state index contributed by atoms with van der Waals surface area (Å²) in [5.74, 6) is 1.02. The number of ether oxygens (including phenoxy) is 2. The molecule has 5 nitrogen and oxygen atoms in total. The van der Waals surface area contributed by atoms with Crippen LogP contribution in [-0.2, 0) is 10.2 Å². The Morgan fingerprint density at radius 3 is 2.08 bits per heavy atom. The number of nitrogens with zero attached hydrogens (tertiary/aromatic N) is 1. The minimum Gasteiger partial charge on any atom is -0.487 e. The number of fused-ring (bicyclic) bond motifs is 5. The monoisotopic (exact) mass is 501 g/mol. The Balaban J connectivity index is 1.51. The molecule has 3 aliphatic rings. The Kier molecular flexibility index (Phi) is 4.83. The minimum absolute atomic E-state index is 0.00929. The van der Waals surface area contributed by atoms with Gasteiger partial charge in [-0.3, -0.25) is 14.5 Å². The van der Waals surface area contributed by atoms with Crippen molar-refractivity contribution in [1.82, 2.24) is 0 Å². The molecule has 0 radical (unpaired) electrons. The maximum absolute atomic E-state index is 15.1. The first-order valence-corrected chi connectivity index (χ1v) is 13.0. The number of amides is 1. The molecule has 1 atom stereocenters. The molecular weight excluding hydrogens is 474 g/mol. The highest BCUT2D eigenvalue weighted by molar-refractivity contribution is 6.12. The van der Waals surface area contributed by atoms with Gasteiger partial charge in [0.25, 0.3) is 0 Å². The molecule has 4 aromatic rings. The van der Waals surface area contributed by atoms with E-state index in [0.717, 1.165) is 27.9 Å². The van der Waals surface area contributed by atoms with Gasteiger partial charge in [-0.25, -0.2) is 0 Å². The number of hydrogen-bond donors (Lipinski definition) is 0. The lowest BCUT2D eigenvalue weighted by atomic mass is 9.66. The van der Waals surface area contributed by atoms with Crippen LogP contribution in [0.3, 0.4) is 0 Å². The molecule has 0 aliphatic carbocycles. The molecule has 0 N–H and O–H groups in total. The SMILES string of the molecule is CC1(C)CC2(C(=O)N(C(c3ccccc3)c3ccccc3)c3ccccc32)c2cc3c(cc2O1)OCC3=O. The summed E-state index contributed by atoms with van der Waals surface area (Å²) in [5, 5.41) is 0. The van der Waals surface area contributed by atoms with Gasteiger partial charge in [0.1, 0.15) is 22.5 Å². The number of para-hydroxylation sites is 1. The number of Topliss-reactive ketones (excluding diaryl/α,β-unsaturated/α-hetero) is 1. The Morgan fingerprint density at radius 2 is 1.39 bits per heavy atom. The highest BCUT2D eigenvalue weighted by Gasteiger charge is 2.59. The molecule has 0 fully saturated rings. The molecule has 4 aromatic carbocycles. The van der Waals surface area contributed by atoms with Crippen molar-refractivity contribution in [2.45, 2.75) is 37.3 Å². The number of anilines is 1. The fraction of sp³-hybridized carbons (Fsp3) is 0.212. The molecule has 38 heavy (non-hydrogen) atoms. The highest BCUT2D eigenvalue weighted by Crippen LogP contribution is 2.58. The zero-order valence-corrected chi connectivity index (χ0v) is 21.3. The van der Waals surface area contributed by atoms with Crippen molar-refractivity contribution in [3.8, 4) is 11.5 Å². The first-order valence-electron chi connectivity index (χ1n) is 13.0. The third kappa shape index (κ3) is 3.18. The van der Waals surface area contributed by atoms with Crippen LogP contribution in [-0.4, -0.2) is 23.9 Å². The molecule has 7 rings (SSSR count). The van der Waals surface area contributed by atoms with E-state index in [-0.39, 0.29) is 24.3 Å². The van der Waals surface area contributed by atoms with Crippen LogP contribution in [0.2, 0.25) is 0 Å². The van der Waals surface area contributed by atoms with Crippen LogP contribution in [0, 0.1) is 0 Å². The maximum Gasteiger partial charge on any atom is 0.243 e. The molecule has 0 aromatic heterocycles. The van der Waals surface area contributed by atoms with Gasteiger partial charge in [-0.1, -0.05) is 78.9 Å². The standard InChI is InChI=1S/C33H27NO4/c1-32(2)20-33(25-17-23-27(35)19-37-28(23)18-29(25)38-32)24-15-9-10-16-26(24)34(31(33)36)30(21-11-5-3-6-12-21)22-13-7-4-8-14-22/h3-18,30H,19-20H2,1-2H3.